The molecule has 0 saturated carbocycles. The lowest BCUT2D eigenvalue weighted by Gasteiger charge is -2.05. The van der Waals surface area contributed by atoms with Gasteiger partial charge in [-0.05, 0) is 18.2 Å². The first-order valence-electron chi connectivity index (χ1n) is 5.36. The molecule has 20 heavy (non-hydrogen) atoms. The maximum Gasteiger partial charge on any atom is 0.345 e. The second-order valence-corrected chi connectivity index (χ2v) is 4.90. The second kappa shape index (κ2) is 5.66. The first kappa shape index (κ1) is 13.9. The molecule has 0 aliphatic heterocycles. The van der Waals surface area contributed by atoms with E-state index in [9.17, 15) is 19.3 Å². The molecule has 6 nitrogen and oxygen atoms in total. The Kier molecular flexibility index (Phi) is 3.94. The summed E-state index contributed by atoms with van der Waals surface area (Å²) in [7, 11) is 0. The van der Waals surface area contributed by atoms with Crippen LogP contribution in [0.25, 0.3) is 0 Å². The molecule has 0 spiro atoms. The van der Waals surface area contributed by atoms with Crippen molar-refractivity contribution in [2.75, 3.05) is 0 Å². The van der Waals surface area contributed by atoms with Gasteiger partial charge in [0.15, 0.2) is 11.6 Å². The average molecular weight is 297 g/mol. The van der Waals surface area contributed by atoms with Gasteiger partial charge in [-0.1, -0.05) is 0 Å². The van der Waals surface area contributed by atoms with Crippen molar-refractivity contribution in [3.05, 3.63) is 56.0 Å². The molecule has 0 radical (unpaired) electrons. The highest BCUT2D eigenvalue weighted by Crippen LogP contribution is 2.24. The monoisotopic (exact) mass is 297 g/mol. The third-order valence-corrected chi connectivity index (χ3v) is 3.42. The minimum Gasteiger partial charge on any atom is -0.485 e. The minimum absolute atomic E-state index is 0.00726. The first-order chi connectivity index (χ1) is 9.47. The van der Waals surface area contributed by atoms with Gasteiger partial charge < -0.3 is 9.84 Å². The lowest BCUT2D eigenvalue weighted by atomic mass is 10.3. The molecule has 1 aromatic heterocycles. The normalized spacial score (nSPS) is 10.2. The highest BCUT2D eigenvalue weighted by Gasteiger charge is 2.12. The zero-order valence-corrected chi connectivity index (χ0v) is 10.7. The van der Waals surface area contributed by atoms with Crippen molar-refractivity contribution in [1.82, 2.24) is 0 Å². The van der Waals surface area contributed by atoms with E-state index in [1.807, 2.05) is 0 Å². The van der Waals surface area contributed by atoms with Gasteiger partial charge in [-0.15, -0.1) is 11.3 Å². The highest BCUT2D eigenvalue weighted by atomic mass is 32.1. The number of thiophene rings is 1. The van der Waals surface area contributed by atoms with Gasteiger partial charge in [-0.2, -0.15) is 0 Å². The Morgan fingerprint density at radius 1 is 1.40 bits per heavy atom. The van der Waals surface area contributed by atoms with E-state index in [1.165, 1.54) is 12.1 Å². The topological polar surface area (TPSA) is 89.7 Å². The summed E-state index contributed by atoms with van der Waals surface area (Å²) in [4.78, 5) is 21.2. The summed E-state index contributed by atoms with van der Waals surface area (Å²) in [5.41, 5.74) is -0.362. The fourth-order valence-electron chi connectivity index (χ4n) is 1.44. The summed E-state index contributed by atoms with van der Waals surface area (Å²) in [6.07, 6.45) is 0. The summed E-state index contributed by atoms with van der Waals surface area (Å²) < 4.78 is 18.7. The number of benzene rings is 1. The maximum atomic E-state index is 13.5. The number of nitrogens with zero attached hydrogens (tertiary/aromatic N) is 1. The molecule has 0 unspecified atom stereocenters. The standard InChI is InChI=1S/C12H8FNO5S/c13-9-5-7(14(17)18)1-3-10(9)19-6-8-2-4-11(20-8)12(15)16/h1-5H,6H2,(H,15,16). The lowest BCUT2D eigenvalue weighted by Crippen LogP contribution is -1.97. The molecule has 0 atom stereocenters. The molecule has 0 bridgehead atoms. The van der Waals surface area contributed by atoms with E-state index < -0.39 is 16.7 Å². The van der Waals surface area contributed by atoms with Crippen LogP contribution in [0.2, 0.25) is 0 Å². The number of halogens is 1. The van der Waals surface area contributed by atoms with Crippen LogP contribution < -0.4 is 4.74 Å². The Morgan fingerprint density at radius 2 is 2.15 bits per heavy atom. The van der Waals surface area contributed by atoms with Crippen molar-refractivity contribution >= 4 is 23.0 Å². The van der Waals surface area contributed by atoms with Crippen molar-refractivity contribution in [2.45, 2.75) is 6.61 Å². The van der Waals surface area contributed by atoms with Crippen LogP contribution in [0.3, 0.4) is 0 Å². The number of carboxylic acids is 1. The van der Waals surface area contributed by atoms with Crippen LogP contribution in [0.4, 0.5) is 10.1 Å². The molecular formula is C12H8FNO5S. The van der Waals surface area contributed by atoms with E-state index in [-0.39, 0.29) is 22.9 Å². The minimum atomic E-state index is -1.04. The SMILES string of the molecule is O=C(O)c1ccc(COc2ccc([N+](=O)[O-])cc2F)s1. The molecule has 0 aliphatic carbocycles. The molecule has 2 rings (SSSR count). The number of nitro groups is 1. The van der Waals surface area contributed by atoms with Crippen LogP contribution in [0.15, 0.2) is 30.3 Å². The Bertz CT molecular complexity index is 670. The number of hydrogen-bond donors (Lipinski definition) is 1. The molecule has 1 aromatic carbocycles. The number of ether oxygens (including phenoxy) is 1. The number of aromatic carboxylic acids is 1. The smallest absolute Gasteiger partial charge is 0.345 e. The number of non-ortho nitro benzene ring substituents is 1. The largest absolute Gasteiger partial charge is 0.485 e. The van der Waals surface area contributed by atoms with Crippen molar-refractivity contribution < 1.29 is 24.0 Å². The van der Waals surface area contributed by atoms with Crippen LogP contribution in [-0.2, 0) is 6.61 Å². The van der Waals surface area contributed by atoms with Gasteiger partial charge in [0.1, 0.15) is 11.5 Å². The third-order valence-electron chi connectivity index (χ3n) is 2.37. The van der Waals surface area contributed by atoms with Crippen LogP contribution in [0, 0.1) is 15.9 Å². The quantitative estimate of drug-likeness (QED) is 0.676. The number of hydrogen-bond acceptors (Lipinski definition) is 5. The van der Waals surface area contributed by atoms with E-state index in [1.54, 1.807) is 6.07 Å². The zero-order valence-electron chi connectivity index (χ0n) is 9.91. The van der Waals surface area contributed by atoms with Crippen molar-refractivity contribution in [1.29, 1.82) is 0 Å². The maximum absolute atomic E-state index is 13.5. The predicted octanol–water partition coefficient (Wildman–Crippen LogP) is 3.07. The molecule has 0 aliphatic rings. The fraction of sp³-hybridized carbons (Fsp3) is 0.0833. The molecule has 0 saturated heterocycles. The number of nitro benzene ring substituents is 1. The van der Waals surface area contributed by atoms with Gasteiger partial charge in [0.05, 0.1) is 11.0 Å². The van der Waals surface area contributed by atoms with E-state index in [0.29, 0.717) is 4.88 Å². The summed E-state index contributed by atoms with van der Waals surface area (Å²) in [5, 5.41) is 19.2. The van der Waals surface area contributed by atoms with Crippen molar-refractivity contribution in [2.24, 2.45) is 0 Å². The van der Waals surface area contributed by atoms with Crippen molar-refractivity contribution in [3.63, 3.8) is 0 Å². The van der Waals surface area contributed by atoms with Crippen LogP contribution in [-0.4, -0.2) is 16.0 Å². The van der Waals surface area contributed by atoms with Gasteiger partial charge in [0.25, 0.3) is 5.69 Å². The van der Waals surface area contributed by atoms with E-state index in [0.717, 1.165) is 23.5 Å². The lowest BCUT2D eigenvalue weighted by molar-refractivity contribution is -0.385. The Balaban J connectivity index is 2.06. The summed E-state index contributed by atoms with van der Waals surface area (Å²) in [5.74, 6) is -2.00. The van der Waals surface area contributed by atoms with E-state index in [4.69, 9.17) is 9.84 Å². The molecule has 0 fully saturated rings. The first-order valence-corrected chi connectivity index (χ1v) is 6.18. The number of carboxylic acid groups (broad SMARTS) is 1. The van der Waals surface area contributed by atoms with E-state index >= 15 is 0 Å². The van der Waals surface area contributed by atoms with Crippen molar-refractivity contribution in [3.8, 4) is 5.75 Å². The van der Waals surface area contributed by atoms with Gasteiger partial charge in [-0.3, -0.25) is 10.1 Å². The number of carbonyl (C=O) groups is 1. The fourth-order valence-corrected chi connectivity index (χ4v) is 2.20. The molecule has 8 heteroatoms. The van der Waals surface area contributed by atoms with Crippen LogP contribution >= 0.6 is 11.3 Å². The van der Waals surface area contributed by atoms with Crippen LogP contribution in [0.1, 0.15) is 14.5 Å². The summed E-state index contributed by atoms with van der Waals surface area (Å²) >= 11 is 1.02. The Hall–Kier alpha value is -2.48. The highest BCUT2D eigenvalue weighted by molar-refractivity contribution is 7.13. The van der Waals surface area contributed by atoms with Gasteiger partial charge in [0, 0.05) is 10.9 Å². The predicted molar refractivity (Wildman–Crippen MR) is 68.7 cm³/mol. The second-order valence-electron chi connectivity index (χ2n) is 3.73. The average Bonchev–Trinajstić information content (AvgIpc) is 2.86. The molecule has 1 heterocycles. The van der Waals surface area contributed by atoms with Crippen LogP contribution in [0.5, 0.6) is 5.75 Å². The zero-order chi connectivity index (χ0) is 14.7. The van der Waals surface area contributed by atoms with Gasteiger partial charge in [-0.25, -0.2) is 9.18 Å². The molecule has 104 valence electrons. The van der Waals surface area contributed by atoms with E-state index in [2.05, 4.69) is 0 Å². The summed E-state index contributed by atoms with van der Waals surface area (Å²) in [6, 6.07) is 6.07. The number of rotatable bonds is 5. The summed E-state index contributed by atoms with van der Waals surface area (Å²) in [6.45, 7) is -0.00726. The van der Waals surface area contributed by atoms with Gasteiger partial charge in [0.2, 0.25) is 0 Å². The molecule has 2 aromatic rings. The third kappa shape index (κ3) is 3.09. The van der Waals surface area contributed by atoms with Gasteiger partial charge >= 0.3 is 5.97 Å². The molecule has 0 amide bonds. The molecule has 1 N–H and O–H groups in total. The molecular weight excluding hydrogens is 289 g/mol. The Morgan fingerprint density at radius 3 is 2.70 bits per heavy atom. The Labute approximate surface area is 116 Å².